The van der Waals surface area contributed by atoms with Gasteiger partial charge in [0.15, 0.2) is 0 Å². The van der Waals surface area contributed by atoms with E-state index in [0.717, 1.165) is 40.3 Å². The number of halogens is 1. The van der Waals surface area contributed by atoms with Crippen molar-refractivity contribution in [1.82, 2.24) is 0 Å². The Morgan fingerprint density at radius 1 is 1.28 bits per heavy atom. The van der Waals surface area contributed by atoms with Crippen molar-refractivity contribution >= 4 is 26.9 Å². The van der Waals surface area contributed by atoms with Crippen LogP contribution < -0.4 is 0 Å². The van der Waals surface area contributed by atoms with Crippen LogP contribution in [0.1, 0.15) is 37.5 Å². The molecule has 0 spiro atoms. The van der Waals surface area contributed by atoms with Gasteiger partial charge in [-0.3, -0.25) is 0 Å². The monoisotopic (exact) mass is 306 g/mol. The van der Waals surface area contributed by atoms with Crippen LogP contribution in [0.2, 0.25) is 0 Å². The summed E-state index contributed by atoms with van der Waals surface area (Å²) in [7, 11) is 0. The van der Waals surface area contributed by atoms with E-state index in [9.17, 15) is 5.11 Å². The van der Waals surface area contributed by atoms with Gasteiger partial charge < -0.3 is 9.52 Å². The Kier molecular flexibility index (Phi) is 3.27. The number of benzene rings is 1. The summed E-state index contributed by atoms with van der Waals surface area (Å²) in [5, 5.41) is 11.4. The van der Waals surface area contributed by atoms with E-state index in [1.807, 2.05) is 24.3 Å². The second-order valence-electron chi connectivity index (χ2n) is 4.73. The van der Waals surface area contributed by atoms with Gasteiger partial charge in [0.05, 0.1) is 4.47 Å². The number of hydrogen-bond acceptors (Lipinski definition) is 2. The zero-order valence-electron chi connectivity index (χ0n) is 10.0. The highest BCUT2D eigenvalue weighted by atomic mass is 79.9. The summed E-state index contributed by atoms with van der Waals surface area (Å²) in [4.78, 5) is 0. The van der Waals surface area contributed by atoms with Crippen molar-refractivity contribution < 1.29 is 9.52 Å². The van der Waals surface area contributed by atoms with Crippen molar-refractivity contribution in [3.63, 3.8) is 0 Å². The smallest absolute Gasteiger partial charge is 0.148 e. The molecule has 18 heavy (non-hydrogen) atoms. The molecule has 0 radical (unpaired) electrons. The lowest BCUT2D eigenvalue weighted by molar-refractivity contribution is 0.181. The van der Waals surface area contributed by atoms with Crippen molar-refractivity contribution in [1.29, 1.82) is 0 Å². The molecule has 1 aromatic heterocycles. The van der Waals surface area contributed by atoms with Crippen LogP contribution in [0, 0.1) is 0 Å². The van der Waals surface area contributed by atoms with E-state index < -0.39 is 6.10 Å². The summed E-state index contributed by atoms with van der Waals surface area (Å²) in [5.74, 6) is 0.644. The van der Waals surface area contributed by atoms with Gasteiger partial charge in [0.2, 0.25) is 0 Å². The molecule has 1 aromatic carbocycles. The average molecular weight is 307 g/mol. The average Bonchev–Trinajstić information content (AvgIpc) is 2.84. The quantitative estimate of drug-likeness (QED) is 0.814. The first-order chi connectivity index (χ1) is 8.75. The highest BCUT2D eigenvalue weighted by Gasteiger charge is 2.19. The zero-order chi connectivity index (χ0) is 12.5. The van der Waals surface area contributed by atoms with Gasteiger partial charge in [0.1, 0.15) is 17.4 Å². The van der Waals surface area contributed by atoms with Gasteiger partial charge in [-0.2, -0.15) is 0 Å². The fraction of sp³-hybridized carbons (Fsp3) is 0.333. The van der Waals surface area contributed by atoms with Crippen molar-refractivity contribution in [2.75, 3.05) is 0 Å². The van der Waals surface area contributed by atoms with Crippen LogP contribution in [-0.2, 0) is 0 Å². The van der Waals surface area contributed by atoms with Gasteiger partial charge in [0.25, 0.3) is 0 Å². The first-order valence-electron chi connectivity index (χ1n) is 6.30. The molecule has 0 fully saturated rings. The molecule has 1 unspecified atom stereocenters. The van der Waals surface area contributed by atoms with Gasteiger partial charge in [0, 0.05) is 5.39 Å². The molecule has 1 heterocycles. The van der Waals surface area contributed by atoms with Crippen molar-refractivity contribution in [3.05, 3.63) is 46.1 Å². The molecule has 3 heteroatoms. The molecule has 1 N–H and O–H groups in total. The summed E-state index contributed by atoms with van der Waals surface area (Å²) < 4.78 is 6.70. The van der Waals surface area contributed by atoms with E-state index >= 15 is 0 Å². The third kappa shape index (κ3) is 2.13. The molecule has 0 aliphatic heterocycles. The maximum Gasteiger partial charge on any atom is 0.148 e. The first-order valence-corrected chi connectivity index (χ1v) is 7.10. The predicted molar refractivity (Wildman–Crippen MR) is 75.4 cm³/mol. The van der Waals surface area contributed by atoms with Crippen LogP contribution in [-0.4, -0.2) is 5.11 Å². The molecular formula is C15H15BrO2. The van der Waals surface area contributed by atoms with Crippen LogP contribution in [0.4, 0.5) is 0 Å². The number of allylic oxidation sites excluding steroid dienone is 1. The third-order valence-corrected chi connectivity index (χ3v) is 4.09. The van der Waals surface area contributed by atoms with Gasteiger partial charge in [-0.05, 0) is 59.3 Å². The van der Waals surface area contributed by atoms with E-state index in [2.05, 4.69) is 22.0 Å². The number of fused-ring (bicyclic) bond motifs is 1. The second kappa shape index (κ2) is 4.90. The van der Waals surface area contributed by atoms with E-state index in [1.54, 1.807) is 0 Å². The molecule has 2 aromatic rings. The number of aliphatic hydroxyl groups is 1. The van der Waals surface area contributed by atoms with E-state index in [0.29, 0.717) is 5.76 Å². The summed E-state index contributed by atoms with van der Waals surface area (Å²) in [5.41, 5.74) is 1.90. The Morgan fingerprint density at radius 3 is 2.89 bits per heavy atom. The SMILES string of the molecule is OC(C1=CCCCC1)c1cc2cccc(Br)c2o1. The van der Waals surface area contributed by atoms with Crippen LogP contribution in [0.3, 0.4) is 0 Å². The minimum atomic E-state index is -0.593. The lowest BCUT2D eigenvalue weighted by atomic mass is 9.94. The number of furan rings is 1. The van der Waals surface area contributed by atoms with Crippen molar-refractivity contribution in [2.24, 2.45) is 0 Å². The third-order valence-electron chi connectivity index (χ3n) is 3.46. The van der Waals surface area contributed by atoms with Gasteiger partial charge >= 0.3 is 0 Å². The maximum absolute atomic E-state index is 10.4. The normalized spacial score (nSPS) is 17.8. The summed E-state index contributed by atoms with van der Waals surface area (Å²) >= 11 is 3.47. The van der Waals surface area contributed by atoms with Crippen molar-refractivity contribution in [3.8, 4) is 0 Å². The van der Waals surface area contributed by atoms with Crippen LogP contribution >= 0.6 is 15.9 Å². The summed E-state index contributed by atoms with van der Waals surface area (Å²) in [6.07, 6.45) is 5.98. The molecule has 1 aliphatic rings. The number of aliphatic hydroxyl groups excluding tert-OH is 1. The molecule has 2 nitrogen and oxygen atoms in total. The largest absolute Gasteiger partial charge is 0.457 e. The number of hydrogen-bond donors (Lipinski definition) is 1. The summed E-state index contributed by atoms with van der Waals surface area (Å²) in [6, 6.07) is 7.84. The minimum absolute atomic E-state index is 0.593. The molecule has 0 amide bonds. The van der Waals surface area contributed by atoms with Crippen LogP contribution in [0.15, 0.2) is 44.8 Å². The minimum Gasteiger partial charge on any atom is -0.457 e. The number of rotatable bonds is 2. The Bertz CT molecular complexity index is 598. The van der Waals surface area contributed by atoms with Gasteiger partial charge in [-0.1, -0.05) is 18.2 Å². The standard InChI is InChI=1S/C15H15BrO2/c16-12-8-4-7-11-9-13(18-15(11)12)14(17)10-5-2-1-3-6-10/h4-5,7-9,14,17H,1-3,6H2. The van der Waals surface area contributed by atoms with E-state index in [4.69, 9.17) is 4.42 Å². The Morgan fingerprint density at radius 2 is 2.17 bits per heavy atom. The van der Waals surface area contributed by atoms with Crippen molar-refractivity contribution in [2.45, 2.75) is 31.8 Å². The molecule has 0 saturated heterocycles. The maximum atomic E-state index is 10.4. The topological polar surface area (TPSA) is 33.4 Å². The molecule has 0 bridgehead atoms. The molecule has 1 aliphatic carbocycles. The van der Waals surface area contributed by atoms with Crippen LogP contribution in [0.5, 0.6) is 0 Å². The highest BCUT2D eigenvalue weighted by Crippen LogP contribution is 2.34. The lowest BCUT2D eigenvalue weighted by Crippen LogP contribution is -2.03. The Labute approximate surface area is 114 Å². The molecule has 0 saturated carbocycles. The fourth-order valence-corrected chi connectivity index (χ4v) is 2.94. The van der Waals surface area contributed by atoms with E-state index in [-0.39, 0.29) is 0 Å². The van der Waals surface area contributed by atoms with Gasteiger partial charge in [-0.25, -0.2) is 0 Å². The zero-order valence-corrected chi connectivity index (χ0v) is 11.6. The molecular weight excluding hydrogens is 292 g/mol. The fourth-order valence-electron chi connectivity index (χ4n) is 2.48. The van der Waals surface area contributed by atoms with Crippen LogP contribution in [0.25, 0.3) is 11.0 Å². The lowest BCUT2D eigenvalue weighted by Gasteiger charge is -2.16. The molecule has 1 atom stereocenters. The summed E-state index contributed by atoms with van der Waals surface area (Å²) in [6.45, 7) is 0. The number of para-hydroxylation sites is 1. The van der Waals surface area contributed by atoms with E-state index in [1.165, 1.54) is 6.42 Å². The first kappa shape index (κ1) is 12.0. The Balaban J connectivity index is 1.99. The molecule has 3 rings (SSSR count). The molecule has 94 valence electrons. The second-order valence-corrected chi connectivity index (χ2v) is 5.59. The predicted octanol–water partition coefficient (Wildman–Crippen LogP) is 4.73. The Hall–Kier alpha value is -1.06. The van der Waals surface area contributed by atoms with Gasteiger partial charge in [-0.15, -0.1) is 0 Å². The highest BCUT2D eigenvalue weighted by molar-refractivity contribution is 9.10.